The number of amides is 1. The van der Waals surface area contributed by atoms with Gasteiger partial charge >= 0.3 is 0 Å². The van der Waals surface area contributed by atoms with Crippen LogP contribution < -0.4 is 16.2 Å². The van der Waals surface area contributed by atoms with Crippen LogP contribution in [-0.2, 0) is 6.61 Å². The molecule has 0 spiro atoms. The van der Waals surface area contributed by atoms with Crippen molar-refractivity contribution in [3.63, 3.8) is 0 Å². The molecule has 1 amide bonds. The van der Waals surface area contributed by atoms with Crippen molar-refractivity contribution in [2.75, 3.05) is 5.73 Å². The fraction of sp³-hybridized carbons (Fsp3) is 0.0714. The molecule has 4 heteroatoms. The van der Waals surface area contributed by atoms with Crippen molar-refractivity contribution in [3.05, 3.63) is 59.7 Å². The number of hydrogen-bond donors (Lipinski definition) is 2. The van der Waals surface area contributed by atoms with Gasteiger partial charge in [0, 0.05) is 5.69 Å². The van der Waals surface area contributed by atoms with Crippen LogP contribution in [0, 0.1) is 0 Å². The summed E-state index contributed by atoms with van der Waals surface area (Å²) >= 11 is 0. The number of carbonyl (C=O) groups excluding carboxylic acids is 1. The molecular formula is C14H14N2O2. The molecule has 0 saturated heterocycles. The zero-order chi connectivity index (χ0) is 13.0. The molecule has 0 saturated carbocycles. The average molecular weight is 242 g/mol. The first kappa shape index (κ1) is 12.0. The Balaban J connectivity index is 2.11. The quantitative estimate of drug-likeness (QED) is 0.804. The van der Waals surface area contributed by atoms with Crippen LogP contribution in [0.15, 0.2) is 48.5 Å². The number of anilines is 1. The van der Waals surface area contributed by atoms with E-state index in [4.69, 9.17) is 16.2 Å². The molecule has 0 aliphatic rings. The second-order valence-corrected chi connectivity index (χ2v) is 3.89. The number of ether oxygens (including phenoxy) is 1. The van der Waals surface area contributed by atoms with E-state index in [-0.39, 0.29) is 5.56 Å². The smallest absolute Gasteiger partial charge is 0.250 e. The van der Waals surface area contributed by atoms with Crippen LogP contribution in [0.4, 0.5) is 5.69 Å². The Labute approximate surface area is 105 Å². The molecule has 92 valence electrons. The fourth-order valence-corrected chi connectivity index (χ4v) is 1.58. The summed E-state index contributed by atoms with van der Waals surface area (Å²) < 4.78 is 5.57. The Kier molecular flexibility index (Phi) is 3.48. The van der Waals surface area contributed by atoms with Gasteiger partial charge in [-0.25, -0.2) is 0 Å². The van der Waals surface area contributed by atoms with Crippen molar-refractivity contribution in [2.24, 2.45) is 5.73 Å². The Morgan fingerprint density at radius 2 is 1.83 bits per heavy atom. The maximum absolute atomic E-state index is 11.1. The molecule has 4 nitrogen and oxygen atoms in total. The van der Waals surface area contributed by atoms with Crippen molar-refractivity contribution >= 4 is 11.6 Å². The minimum absolute atomic E-state index is 0.278. The number of benzene rings is 2. The molecular weight excluding hydrogens is 228 g/mol. The maximum atomic E-state index is 11.1. The van der Waals surface area contributed by atoms with Crippen LogP contribution >= 0.6 is 0 Å². The van der Waals surface area contributed by atoms with E-state index in [1.165, 1.54) is 0 Å². The molecule has 2 aromatic carbocycles. The van der Waals surface area contributed by atoms with Gasteiger partial charge < -0.3 is 16.2 Å². The summed E-state index contributed by atoms with van der Waals surface area (Å²) in [6.07, 6.45) is 0. The number of nitrogen functional groups attached to an aromatic ring is 1. The zero-order valence-corrected chi connectivity index (χ0v) is 9.80. The molecule has 0 aliphatic heterocycles. The summed E-state index contributed by atoms with van der Waals surface area (Å²) in [6.45, 7) is 0.433. The lowest BCUT2D eigenvalue weighted by Crippen LogP contribution is -2.13. The third-order valence-corrected chi connectivity index (χ3v) is 2.54. The first-order valence-electron chi connectivity index (χ1n) is 5.53. The van der Waals surface area contributed by atoms with Crippen molar-refractivity contribution in [2.45, 2.75) is 6.61 Å². The van der Waals surface area contributed by atoms with Gasteiger partial charge in [-0.05, 0) is 23.8 Å². The third-order valence-electron chi connectivity index (χ3n) is 2.54. The van der Waals surface area contributed by atoms with Gasteiger partial charge in [-0.2, -0.15) is 0 Å². The summed E-state index contributed by atoms with van der Waals surface area (Å²) in [4.78, 5) is 11.1. The topological polar surface area (TPSA) is 78.3 Å². The van der Waals surface area contributed by atoms with E-state index in [2.05, 4.69) is 0 Å². The second kappa shape index (κ2) is 5.23. The highest BCUT2D eigenvalue weighted by molar-refractivity contribution is 5.98. The summed E-state index contributed by atoms with van der Waals surface area (Å²) in [5.74, 6) is 0.0134. The molecule has 0 heterocycles. The van der Waals surface area contributed by atoms with E-state index >= 15 is 0 Å². The van der Waals surface area contributed by atoms with E-state index < -0.39 is 5.91 Å². The van der Waals surface area contributed by atoms with Gasteiger partial charge in [0.1, 0.15) is 12.4 Å². The SMILES string of the molecule is NC(=O)c1cc(OCc2ccccc2)ccc1N. The number of nitrogens with two attached hydrogens (primary N) is 2. The van der Waals surface area contributed by atoms with Gasteiger partial charge in [-0.1, -0.05) is 30.3 Å². The Hall–Kier alpha value is -2.49. The third kappa shape index (κ3) is 2.79. The monoisotopic (exact) mass is 242 g/mol. The Bertz CT molecular complexity index is 553. The summed E-state index contributed by atoms with van der Waals surface area (Å²) in [7, 11) is 0. The molecule has 0 bridgehead atoms. The fourth-order valence-electron chi connectivity index (χ4n) is 1.58. The first-order chi connectivity index (χ1) is 8.66. The standard InChI is InChI=1S/C14H14N2O2/c15-13-7-6-11(8-12(13)14(16)17)18-9-10-4-2-1-3-5-10/h1-8H,9,15H2,(H2,16,17). The van der Waals surface area contributed by atoms with Gasteiger partial charge in [0.05, 0.1) is 5.56 Å². The number of hydrogen-bond acceptors (Lipinski definition) is 3. The highest BCUT2D eigenvalue weighted by Crippen LogP contribution is 2.20. The molecule has 0 fully saturated rings. The highest BCUT2D eigenvalue weighted by atomic mass is 16.5. The van der Waals surface area contributed by atoms with Gasteiger partial charge in [-0.3, -0.25) is 4.79 Å². The molecule has 0 atom stereocenters. The lowest BCUT2D eigenvalue weighted by Gasteiger charge is -2.08. The van der Waals surface area contributed by atoms with Crippen molar-refractivity contribution in [3.8, 4) is 5.75 Å². The molecule has 2 rings (SSSR count). The van der Waals surface area contributed by atoms with E-state index in [1.54, 1.807) is 18.2 Å². The maximum Gasteiger partial charge on any atom is 0.250 e. The lowest BCUT2D eigenvalue weighted by atomic mass is 10.1. The van der Waals surface area contributed by atoms with Gasteiger partial charge in [0.25, 0.3) is 5.91 Å². The predicted octanol–water partition coefficient (Wildman–Crippen LogP) is 1.95. The van der Waals surface area contributed by atoms with Crippen LogP contribution in [0.1, 0.15) is 15.9 Å². The first-order valence-corrected chi connectivity index (χ1v) is 5.53. The van der Waals surface area contributed by atoms with Crippen LogP contribution in [-0.4, -0.2) is 5.91 Å². The molecule has 0 aromatic heterocycles. The van der Waals surface area contributed by atoms with Crippen LogP contribution in [0.25, 0.3) is 0 Å². The summed E-state index contributed by atoms with van der Waals surface area (Å²) in [5, 5.41) is 0. The van der Waals surface area contributed by atoms with Crippen molar-refractivity contribution in [1.29, 1.82) is 0 Å². The number of primary amides is 1. The minimum atomic E-state index is -0.558. The molecule has 2 aromatic rings. The second-order valence-electron chi connectivity index (χ2n) is 3.89. The van der Waals surface area contributed by atoms with Crippen LogP contribution in [0.5, 0.6) is 5.75 Å². The Morgan fingerprint density at radius 1 is 1.11 bits per heavy atom. The Morgan fingerprint density at radius 3 is 2.50 bits per heavy atom. The molecule has 18 heavy (non-hydrogen) atoms. The normalized spacial score (nSPS) is 10.0. The largest absolute Gasteiger partial charge is 0.489 e. The van der Waals surface area contributed by atoms with Crippen molar-refractivity contribution < 1.29 is 9.53 Å². The van der Waals surface area contributed by atoms with Crippen molar-refractivity contribution in [1.82, 2.24) is 0 Å². The van der Waals surface area contributed by atoms with Crippen LogP contribution in [0.2, 0.25) is 0 Å². The summed E-state index contributed by atoms with van der Waals surface area (Å²) in [6, 6.07) is 14.6. The summed E-state index contributed by atoms with van der Waals surface area (Å²) in [5.41, 5.74) is 12.5. The lowest BCUT2D eigenvalue weighted by molar-refractivity contribution is 0.100. The van der Waals surface area contributed by atoms with E-state index in [0.717, 1.165) is 5.56 Å². The van der Waals surface area contributed by atoms with E-state index in [1.807, 2.05) is 30.3 Å². The van der Waals surface area contributed by atoms with Gasteiger partial charge in [-0.15, -0.1) is 0 Å². The molecule has 0 aliphatic carbocycles. The van der Waals surface area contributed by atoms with E-state index in [9.17, 15) is 4.79 Å². The zero-order valence-electron chi connectivity index (χ0n) is 9.80. The van der Waals surface area contributed by atoms with Crippen LogP contribution in [0.3, 0.4) is 0 Å². The highest BCUT2D eigenvalue weighted by Gasteiger charge is 2.07. The number of rotatable bonds is 4. The molecule has 0 radical (unpaired) electrons. The van der Waals surface area contributed by atoms with Gasteiger partial charge in [0.15, 0.2) is 0 Å². The predicted molar refractivity (Wildman–Crippen MR) is 70.1 cm³/mol. The number of carbonyl (C=O) groups is 1. The van der Waals surface area contributed by atoms with E-state index in [0.29, 0.717) is 18.0 Å². The molecule has 4 N–H and O–H groups in total. The van der Waals surface area contributed by atoms with Gasteiger partial charge in [0.2, 0.25) is 0 Å². The minimum Gasteiger partial charge on any atom is -0.489 e. The molecule has 0 unspecified atom stereocenters. The average Bonchev–Trinajstić information content (AvgIpc) is 2.38.